The van der Waals surface area contributed by atoms with Gasteiger partial charge < -0.3 is 0 Å². The molecule has 95 valence electrons. The lowest BCUT2D eigenvalue weighted by Crippen LogP contribution is -2.36. The van der Waals surface area contributed by atoms with Crippen LogP contribution in [0.3, 0.4) is 0 Å². The van der Waals surface area contributed by atoms with Crippen LogP contribution in [0.1, 0.15) is 44.9 Å². The summed E-state index contributed by atoms with van der Waals surface area (Å²) in [5.41, 5.74) is 0. The van der Waals surface area contributed by atoms with E-state index >= 15 is 0 Å². The third-order valence-corrected chi connectivity index (χ3v) is 2.18. The molecule has 1 radical (unpaired) electrons. The lowest BCUT2D eigenvalue weighted by atomic mass is 10.1. The molecule has 0 aliphatic rings. The summed E-state index contributed by atoms with van der Waals surface area (Å²) < 4.78 is 59.9. The van der Waals surface area contributed by atoms with Crippen molar-refractivity contribution in [3.63, 3.8) is 0 Å². The van der Waals surface area contributed by atoms with Gasteiger partial charge in [-0.25, -0.2) is 0 Å². The average Bonchev–Trinajstić information content (AvgIpc) is 2.14. The summed E-state index contributed by atoms with van der Waals surface area (Å²) in [5.74, 6) is -4.58. The van der Waals surface area contributed by atoms with Crippen molar-refractivity contribution in [1.82, 2.24) is 0 Å². The lowest BCUT2D eigenvalue weighted by Gasteiger charge is -2.19. The molecule has 1 nitrogen and oxygen atoms in total. The average molecular weight is 245 g/mol. The Morgan fingerprint density at radius 2 is 1.31 bits per heavy atom. The van der Waals surface area contributed by atoms with Crippen LogP contribution < -0.4 is 0 Å². The van der Waals surface area contributed by atoms with Gasteiger partial charge in [-0.3, -0.25) is 4.79 Å². The minimum absolute atomic E-state index is 0.155. The van der Waals surface area contributed by atoms with Crippen LogP contribution in [0, 0.1) is 0 Å². The molecule has 0 atom stereocenters. The van der Waals surface area contributed by atoms with Crippen molar-refractivity contribution in [2.75, 3.05) is 0 Å². The molecule has 0 amide bonds. The molecule has 0 heterocycles. The van der Waals surface area contributed by atoms with E-state index in [9.17, 15) is 26.7 Å². The van der Waals surface area contributed by atoms with Gasteiger partial charge in [0.25, 0.3) is 0 Å². The van der Waals surface area contributed by atoms with E-state index in [1.165, 1.54) is 0 Å². The Morgan fingerprint density at radius 1 is 0.812 bits per heavy atom. The summed E-state index contributed by atoms with van der Waals surface area (Å²) in [6.07, 6.45) is -2.62. The van der Waals surface area contributed by atoms with Gasteiger partial charge in [-0.05, 0) is 12.8 Å². The first kappa shape index (κ1) is 15.3. The van der Waals surface area contributed by atoms with Crippen LogP contribution in [-0.2, 0) is 4.79 Å². The van der Waals surface area contributed by atoms with Crippen LogP contribution in [-0.4, -0.2) is 18.4 Å². The van der Waals surface area contributed by atoms with E-state index in [2.05, 4.69) is 0 Å². The Kier molecular flexibility index (Phi) is 6.52. The monoisotopic (exact) mass is 245 g/mol. The second kappa shape index (κ2) is 6.81. The van der Waals surface area contributed by atoms with Crippen LogP contribution in [0.2, 0.25) is 0 Å². The molecule has 0 unspecified atom stereocenters. The maximum Gasteiger partial charge on any atom is 0.453 e. The van der Waals surface area contributed by atoms with Crippen molar-refractivity contribution in [2.24, 2.45) is 0 Å². The summed E-state index contributed by atoms with van der Waals surface area (Å²) >= 11 is 0. The number of unbranched alkanes of at least 4 members (excludes halogenated alkanes) is 5. The molecule has 6 heteroatoms. The maximum absolute atomic E-state index is 12.4. The Morgan fingerprint density at radius 3 is 1.81 bits per heavy atom. The second-order valence-corrected chi connectivity index (χ2v) is 3.61. The molecule has 0 aliphatic heterocycles. The zero-order chi connectivity index (χ0) is 12.7. The van der Waals surface area contributed by atoms with Gasteiger partial charge in [-0.1, -0.05) is 19.3 Å². The highest BCUT2D eigenvalue weighted by Gasteiger charge is 2.56. The quantitative estimate of drug-likeness (QED) is 0.466. The van der Waals surface area contributed by atoms with Crippen molar-refractivity contribution in [2.45, 2.75) is 57.0 Å². The standard InChI is InChI=1S/C10H14F5O/c11-9(12,10(13,14)15)7-5-3-1-2-4-6-8-16/h1-7H2. The molecule has 0 spiro atoms. The summed E-state index contributed by atoms with van der Waals surface area (Å²) in [4.78, 5) is 9.79. The fourth-order valence-corrected chi connectivity index (χ4v) is 1.22. The fraction of sp³-hybridized carbons (Fsp3) is 0.900. The highest BCUT2D eigenvalue weighted by atomic mass is 19.4. The number of rotatable bonds is 8. The molecular formula is C10H14F5O. The number of hydrogen-bond donors (Lipinski definition) is 0. The van der Waals surface area contributed by atoms with E-state index in [4.69, 9.17) is 0 Å². The molecular weight excluding hydrogens is 231 g/mol. The van der Waals surface area contributed by atoms with Gasteiger partial charge in [0.05, 0.1) is 0 Å². The van der Waals surface area contributed by atoms with Crippen LogP contribution in [0.25, 0.3) is 0 Å². The summed E-state index contributed by atoms with van der Waals surface area (Å²) in [5, 5.41) is 0. The third kappa shape index (κ3) is 6.02. The topological polar surface area (TPSA) is 17.1 Å². The van der Waals surface area contributed by atoms with Crippen molar-refractivity contribution < 1.29 is 26.7 Å². The second-order valence-electron chi connectivity index (χ2n) is 3.61. The molecule has 16 heavy (non-hydrogen) atoms. The number of carbonyl (C=O) groups excluding carboxylic acids is 1. The van der Waals surface area contributed by atoms with Gasteiger partial charge in [0.2, 0.25) is 0 Å². The first-order chi connectivity index (χ1) is 7.31. The minimum atomic E-state index is -5.44. The molecule has 0 saturated heterocycles. The zero-order valence-electron chi connectivity index (χ0n) is 8.75. The molecule has 0 aromatic carbocycles. The van der Waals surface area contributed by atoms with Gasteiger partial charge in [0.1, 0.15) is 0 Å². The first-order valence-corrected chi connectivity index (χ1v) is 5.11. The highest BCUT2D eigenvalue weighted by Crippen LogP contribution is 2.39. The summed E-state index contributed by atoms with van der Waals surface area (Å²) in [6, 6.07) is 0. The van der Waals surface area contributed by atoms with Crippen LogP contribution >= 0.6 is 0 Å². The van der Waals surface area contributed by atoms with Gasteiger partial charge >= 0.3 is 12.1 Å². The number of halogens is 5. The highest BCUT2D eigenvalue weighted by molar-refractivity contribution is 5.50. The molecule has 0 aliphatic carbocycles. The van der Waals surface area contributed by atoms with E-state index in [-0.39, 0.29) is 6.42 Å². The fourth-order valence-electron chi connectivity index (χ4n) is 1.22. The maximum atomic E-state index is 12.4. The summed E-state index contributed by atoms with van der Waals surface area (Å²) in [6.45, 7) is 0. The first-order valence-electron chi connectivity index (χ1n) is 5.11. The van der Waals surface area contributed by atoms with Gasteiger partial charge in [-0.2, -0.15) is 22.0 Å². The minimum Gasteiger partial charge on any atom is -0.291 e. The van der Waals surface area contributed by atoms with Crippen LogP contribution in [0.5, 0.6) is 0 Å². The number of hydrogen-bond acceptors (Lipinski definition) is 1. The van der Waals surface area contributed by atoms with Crippen LogP contribution in [0.4, 0.5) is 22.0 Å². The van der Waals surface area contributed by atoms with E-state index in [0.29, 0.717) is 32.1 Å². The third-order valence-electron chi connectivity index (χ3n) is 2.18. The van der Waals surface area contributed by atoms with Crippen molar-refractivity contribution in [3.8, 4) is 0 Å². The Labute approximate surface area is 91.0 Å². The smallest absolute Gasteiger partial charge is 0.291 e. The Hall–Kier alpha value is -0.680. The van der Waals surface area contributed by atoms with E-state index in [0.717, 1.165) is 0 Å². The lowest BCUT2D eigenvalue weighted by molar-refractivity contribution is -0.284. The molecule has 0 rings (SSSR count). The molecule has 0 aromatic heterocycles. The number of alkyl halides is 5. The van der Waals surface area contributed by atoms with Crippen LogP contribution in [0.15, 0.2) is 0 Å². The Bertz CT molecular complexity index is 200. The molecule has 0 N–H and O–H groups in total. The largest absolute Gasteiger partial charge is 0.453 e. The van der Waals surface area contributed by atoms with Gasteiger partial charge in [-0.15, -0.1) is 0 Å². The van der Waals surface area contributed by atoms with Gasteiger partial charge in [0, 0.05) is 12.8 Å². The van der Waals surface area contributed by atoms with Crippen molar-refractivity contribution in [3.05, 3.63) is 0 Å². The predicted molar refractivity (Wildman–Crippen MR) is 49.0 cm³/mol. The SMILES string of the molecule is O=[C]CCCCCCCC(F)(F)C(F)(F)F. The normalized spacial score (nSPS) is 12.8. The van der Waals surface area contributed by atoms with E-state index in [1.54, 1.807) is 6.29 Å². The van der Waals surface area contributed by atoms with Crippen molar-refractivity contribution >= 4 is 6.29 Å². The molecule has 0 aromatic rings. The molecule has 0 fully saturated rings. The molecule has 0 saturated carbocycles. The predicted octanol–water partition coefficient (Wildman–Crippen LogP) is 4.02. The summed E-state index contributed by atoms with van der Waals surface area (Å²) in [7, 11) is 0. The zero-order valence-corrected chi connectivity index (χ0v) is 8.75. The van der Waals surface area contributed by atoms with E-state index in [1.807, 2.05) is 0 Å². The van der Waals surface area contributed by atoms with Crippen molar-refractivity contribution in [1.29, 1.82) is 0 Å². The molecule has 0 bridgehead atoms. The van der Waals surface area contributed by atoms with E-state index < -0.39 is 18.5 Å². The Balaban J connectivity index is 3.55. The van der Waals surface area contributed by atoms with Gasteiger partial charge in [0.15, 0.2) is 6.29 Å².